The predicted molar refractivity (Wildman–Crippen MR) is 127 cm³/mol. The van der Waals surface area contributed by atoms with E-state index in [0.717, 1.165) is 44.8 Å². The van der Waals surface area contributed by atoms with Crippen LogP contribution >= 0.6 is 0 Å². The van der Waals surface area contributed by atoms with Gasteiger partial charge in [-0.2, -0.15) is 5.10 Å². The number of ether oxygens (including phenoxy) is 1. The second-order valence-corrected chi connectivity index (χ2v) is 8.78. The monoisotopic (exact) mass is 407 g/mol. The molecule has 0 atom stereocenters. The number of pyridine rings is 1. The van der Waals surface area contributed by atoms with Crippen molar-refractivity contribution in [2.45, 2.75) is 26.2 Å². The summed E-state index contributed by atoms with van der Waals surface area (Å²) in [4.78, 5) is 5.20. The Kier molecular flexibility index (Phi) is 4.51. The highest BCUT2D eigenvalue weighted by molar-refractivity contribution is 6.11. The molecule has 3 aromatic carbocycles. The first-order chi connectivity index (χ1) is 15.0. The van der Waals surface area contributed by atoms with Crippen molar-refractivity contribution >= 4 is 21.8 Å². The van der Waals surface area contributed by atoms with Gasteiger partial charge in [0.1, 0.15) is 5.75 Å². The lowest BCUT2D eigenvalue weighted by atomic mass is 9.88. The number of methoxy groups -OCH3 is 1. The van der Waals surface area contributed by atoms with Gasteiger partial charge in [0.05, 0.1) is 29.6 Å². The second-order valence-electron chi connectivity index (χ2n) is 8.78. The molecule has 4 nitrogen and oxygen atoms in total. The maximum Gasteiger partial charge on any atom is 0.164 e. The molecule has 0 amide bonds. The SMILES string of the molecule is COc1ccc(-c2nc3c(c(C(C)(C)C)nn3-c3ccccc3)c3ccccc23)cc1. The summed E-state index contributed by atoms with van der Waals surface area (Å²) in [6.07, 6.45) is 0. The Morgan fingerprint density at radius 3 is 2.06 bits per heavy atom. The molecule has 0 saturated carbocycles. The lowest BCUT2D eigenvalue weighted by Crippen LogP contribution is -2.13. The van der Waals surface area contributed by atoms with Crippen LogP contribution in [-0.2, 0) is 5.41 Å². The topological polar surface area (TPSA) is 39.9 Å². The second kappa shape index (κ2) is 7.24. The van der Waals surface area contributed by atoms with Crippen molar-refractivity contribution < 1.29 is 4.74 Å². The molecule has 5 aromatic rings. The first kappa shape index (κ1) is 19.3. The Balaban J connectivity index is 1.91. The van der Waals surface area contributed by atoms with Gasteiger partial charge in [0, 0.05) is 16.4 Å². The summed E-state index contributed by atoms with van der Waals surface area (Å²) in [7, 11) is 1.68. The number of hydrogen-bond acceptors (Lipinski definition) is 3. The Bertz CT molecular complexity index is 1380. The summed E-state index contributed by atoms with van der Waals surface area (Å²) in [6, 6.07) is 26.8. The van der Waals surface area contributed by atoms with E-state index in [1.54, 1.807) is 7.11 Å². The lowest BCUT2D eigenvalue weighted by molar-refractivity contribution is 0.415. The van der Waals surface area contributed by atoms with Crippen LogP contribution in [0.15, 0.2) is 78.9 Å². The first-order valence-electron chi connectivity index (χ1n) is 10.5. The largest absolute Gasteiger partial charge is 0.497 e. The van der Waals surface area contributed by atoms with Gasteiger partial charge in [0.2, 0.25) is 0 Å². The zero-order chi connectivity index (χ0) is 21.6. The van der Waals surface area contributed by atoms with E-state index in [9.17, 15) is 0 Å². The van der Waals surface area contributed by atoms with E-state index in [0.29, 0.717) is 0 Å². The van der Waals surface area contributed by atoms with Crippen molar-refractivity contribution in [2.24, 2.45) is 0 Å². The van der Waals surface area contributed by atoms with Crippen LogP contribution in [0.2, 0.25) is 0 Å². The summed E-state index contributed by atoms with van der Waals surface area (Å²) in [5.74, 6) is 0.832. The molecule has 5 rings (SSSR count). The van der Waals surface area contributed by atoms with Crippen LogP contribution < -0.4 is 4.74 Å². The summed E-state index contributed by atoms with van der Waals surface area (Å²) in [5, 5.41) is 8.49. The number of fused-ring (bicyclic) bond motifs is 3. The molecule has 31 heavy (non-hydrogen) atoms. The lowest BCUT2D eigenvalue weighted by Gasteiger charge is -2.16. The van der Waals surface area contributed by atoms with Crippen molar-refractivity contribution in [1.82, 2.24) is 14.8 Å². The maximum absolute atomic E-state index is 5.35. The maximum atomic E-state index is 5.35. The fourth-order valence-corrected chi connectivity index (χ4v) is 4.08. The number of para-hydroxylation sites is 1. The normalized spacial score (nSPS) is 11.9. The van der Waals surface area contributed by atoms with Crippen molar-refractivity contribution in [3.8, 4) is 22.7 Å². The first-order valence-corrected chi connectivity index (χ1v) is 10.5. The third kappa shape index (κ3) is 3.25. The summed E-state index contributed by atoms with van der Waals surface area (Å²) in [6.45, 7) is 6.61. The summed E-state index contributed by atoms with van der Waals surface area (Å²) in [5.41, 5.74) is 4.81. The number of hydrogen-bond donors (Lipinski definition) is 0. The molecular formula is C27H25N3O. The smallest absolute Gasteiger partial charge is 0.164 e. The van der Waals surface area contributed by atoms with Gasteiger partial charge in [-0.15, -0.1) is 0 Å². The Hall–Kier alpha value is -3.66. The van der Waals surface area contributed by atoms with E-state index < -0.39 is 0 Å². The van der Waals surface area contributed by atoms with Crippen LogP contribution in [0, 0.1) is 0 Å². The third-order valence-electron chi connectivity index (χ3n) is 5.60. The fourth-order valence-electron chi connectivity index (χ4n) is 4.08. The van der Waals surface area contributed by atoms with E-state index in [4.69, 9.17) is 14.8 Å². The molecule has 0 spiro atoms. The molecule has 2 heterocycles. The minimum absolute atomic E-state index is 0.121. The van der Waals surface area contributed by atoms with Crippen LogP contribution in [0.5, 0.6) is 5.75 Å². The summed E-state index contributed by atoms with van der Waals surface area (Å²) >= 11 is 0. The minimum atomic E-state index is -0.121. The van der Waals surface area contributed by atoms with Crippen molar-refractivity contribution in [2.75, 3.05) is 7.11 Å². The predicted octanol–water partition coefficient (Wildman–Crippen LogP) is 6.55. The average Bonchev–Trinajstić information content (AvgIpc) is 3.20. The molecule has 0 aliphatic carbocycles. The molecule has 0 unspecified atom stereocenters. The number of rotatable bonds is 3. The van der Waals surface area contributed by atoms with E-state index in [1.807, 2.05) is 35.0 Å². The number of aromatic nitrogens is 3. The van der Waals surface area contributed by atoms with Crippen LogP contribution in [-0.4, -0.2) is 21.9 Å². The molecule has 0 aliphatic rings. The molecule has 2 aromatic heterocycles. The molecule has 0 saturated heterocycles. The van der Waals surface area contributed by atoms with Crippen LogP contribution in [0.25, 0.3) is 38.8 Å². The van der Waals surface area contributed by atoms with Gasteiger partial charge in [0.15, 0.2) is 5.65 Å². The van der Waals surface area contributed by atoms with Gasteiger partial charge in [-0.3, -0.25) is 0 Å². The molecule has 154 valence electrons. The number of benzene rings is 3. The standard InChI is InChI=1S/C27H25N3O/c1-27(2,3)25-23-21-12-8-9-13-22(21)24(18-14-16-20(31-4)17-15-18)28-26(23)30(29-25)19-10-6-5-7-11-19/h5-17H,1-4H3. The Labute approximate surface area is 182 Å². The molecule has 0 radical (unpaired) electrons. The van der Waals surface area contributed by atoms with Gasteiger partial charge in [-0.25, -0.2) is 9.67 Å². The molecular weight excluding hydrogens is 382 g/mol. The molecule has 0 fully saturated rings. The molecule has 0 N–H and O–H groups in total. The molecule has 4 heteroatoms. The van der Waals surface area contributed by atoms with Gasteiger partial charge < -0.3 is 4.74 Å². The molecule has 0 bridgehead atoms. The average molecular weight is 408 g/mol. The highest BCUT2D eigenvalue weighted by Gasteiger charge is 2.26. The molecule has 0 aliphatic heterocycles. The highest BCUT2D eigenvalue weighted by Crippen LogP contribution is 2.38. The van der Waals surface area contributed by atoms with Gasteiger partial charge in [-0.1, -0.05) is 63.2 Å². The van der Waals surface area contributed by atoms with Crippen LogP contribution in [0.1, 0.15) is 26.5 Å². The summed E-state index contributed by atoms with van der Waals surface area (Å²) < 4.78 is 7.33. The van der Waals surface area contributed by atoms with E-state index >= 15 is 0 Å². The van der Waals surface area contributed by atoms with E-state index in [-0.39, 0.29) is 5.41 Å². The van der Waals surface area contributed by atoms with Crippen molar-refractivity contribution in [3.05, 3.63) is 84.6 Å². The zero-order valence-electron chi connectivity index (χ0n) is 18.3. The van der Waals surface area contributed by atoms with Crippen LogP contribution in [0.4, 0.5) is 0 Å². The quantitative estimate of drug-likeness (QED) is 0.341. The fraction of sp³-hybridized carbons (Fsp3) is 0.185. The zero-order valence-corrected chi connectivity index (χ0v) is 18.3. The van der Waals surface area contributed by atoms with Gasteiger partial charge in [-0.05, 0) is 41.8 Å². The minimum Gasteiger partial charge on any atom is -0.497 e. The third-order valence-corrected chi connectivity index (χ3v) is 5.60. The van der Waals surface area contributed by atoms with Crippen molar-refractivity contribution in [1.29, 1.82) is 0 Å². The van der Waals surface area contributed by atoms with Gasteiger partial charge >= 0.3 is 0 Å². The van der Waals surface area contributed by atoms with E-state index in [1.165, 1.54) is 5.39 Å². The highest BCUT2D eigenvalue weighted by atomic mass is 16.5. The Morgan fingerprint density at radius 1 is 0.774 bits per heavy atom. The van der Waals surface area contributed by atoms with Crippen molar-refractivity contribution in [3.63, 3.8) is 0 Å². The van der Waals surface area contributed by atoms with E-state index in [2.05, 4.69) is 69.3 Å². The van der Waals surface area contributed by atoms with Crippen LogP contribution in [0.3, 0.4) is 0 Å². The number of nitrogens with zero attached hydrogens (tertiary/aromatic N) is 3. The Morgan fingerprint density at radius 2 is 1.42 bits per heavy atom. The van der Waals surface area contributed by atoms with Gasteiger partial charge in [0.25, 0.3) is 0 Å².